The summed E-state index contributed by atoms with van der Waals surface area (Å²) in [6.07, 6.45) is 0.585. The number of piperidine rings is 1. The molecule has 4 rings (SSSR count). The molecule has 6 heteroatoms. The smallest absolute Gasteiger partial charge is 0.258 e. The number of hydrogen-bond acceptors (Lipinski definition) is 4. The number of benzene rings is 2. The zero-order chi connectivity index (χ0) is 18.3. The quantitative estimate of drug-likeness (QED) is 0.861. The molecular formula is C20H18N2O4. The fourth-order valence-corrected chi connectivity index (χ4v) is 3.68. The van der Waals surface area contributed by atoms with Gasteiger partial charge in [-0.3, -0.25) is 19.7 Å². The van der Waals surface area contributed by atoms with Crippen LogP contribution >= 0.6 is 0 Å². The standard InChI is InChI=1S/C20H18N2O4/c1-26-18-14(12-5-3-2-4-6-12)8-7-13-11-22(20(25)17(13)18)15-9-10-16(23)21-19(15)24/h2-8,15H,9-11H2,1H3,(H,21,23,24). The van der Waals surface area contributed by atoms with Crippen molar-refractivity contribution in [2.45, 2.75) is 25.4 Å². The van der Waals surface area contributed by atoms with E-state index in [-0.39, 0.29) is 18.2 Å². The maximum absolute atomic E-state index is 13.1. The minimum absolute atomic E-state index is 0.232. The van der Waals surface area contributed by atoms with Gasteiger partial charge in [0.25, 0.3) is 5.91 Å². The fraction of sp³-hybridized carbons (Fsp3) is 0.250. The number of hydrogen-bond donors (Lipinski definition) is 1. The molecule has 2 aliphatic rings. The molecule has 2 aliphatic heterocycles. The highest BCUT2D eigenvalue weighted by Gasteiger charge is 2.41. The van der Waals surface area contributed by atoms with Crippen LogP contribution in [0.5, 0.6) is 5.75 Å². The average molecular weight is 350 g/mol. The number of carbonyl (C=O) groups is 3. The maximum Gasteiger partial charge on any atom is 0.258 e. The molecule has 1 atom stereocenters. The van der Waals surface area contributed by atoms with E-state index in [0.717, 1.165) is 16.7 Å². The largest absolute Gasteiger partial charge is 0.495 e. The van der Waals surface area contributed by atoms with E-state index < -0.39 is 11.9 Å². The monoisotopic (exact) mass is 350 g/mol. The summed E-state index contributed by atoms with van der Waals surface area (Å²) in [5.74, 6) is -0.415. The van der Waals surface area contributed by atoms with Crippen LogP contribution in [0.25, 0.3) is 11.1 Å². The van der Waals surface area contributed by atoms with E-state index in [1.807, 2.05) is 42.5 Å². The summed E-state index contributed by atoms with van der Waals surface area (Å²) in [5.41, 5.74) is 3.12. The van der Waals surface area contributed by atoms with E-state index >= 15 is 0 Å². The van der Waals surface area contributed by atoms with Crippen molar-refractivity contribution in [2.75, 3.05) is 7.11 Å². The van der Waals surface area contributed by atoms with Gasteiger partial charge in [-0.05, 0) is 17.5 Å². The lowest BCUT2D eigenvalue weighted by molar-refractivity contribution is -0.136. The van der Waals surface area contributed by atoms with Gasteiger partial charge in [-0.2, -0.15) is 0 Å². The third-order valence-corrected chi connectivity index (χ3v) is 4.93. The van der Waals surface area contributed by atoms with E-state index in [1.54, 1.807) is 7.11 Å². The number of rotatable bonds is 3. The second-order valence-electron chi connectivity index (χ2n) is 6.45. The Hall–Kier alpha value is -3.15. The van der Waals surface area contributed by atoms with Gasteiger partial charge < -0.3 is 9.64 Å². The number of ether oxygens (including phenoxy) is 1. The molecule has 0 bridgehead atoms. The summed E-state index contributed by atoms with van der Waals surface area (Å²) in [5, 5.41) is 2.32. The molecule has 0 spiro atoms. The van der Waals surface area contributed by atoms with Crippen molar-refractivity contribution in [3.63, 3.8) is 0 Å². The molecule has 0 aliphatic carbocycles. The molecular weight excluding hydrogens is 332 g/mol. The summed E-state index contributed by atoms with van der Waals surface area (Å²) < 4.78 is 5.59. The molecule has 2 aromatic carbocycles. The van der Waals surface area contributed by atoms with E-state index in [2.05, 4.69) is 5.32 Å². The van der Waals surface area contributed by atoms with Crippen molar-refractivity contribution in [3.8, 4) is 16.9 Å². The highest BCUT2D eigenvalue weighted by molar-refractivity contribution is 6.07. The summed E-state index contributed by atoms with van der Waals surface area (Å²) in [4.78, 5) is 38.2. The molecule has 2 heterocycles. The molecule has 2 aromatic rings. The number of methoxy groups -OCH3 is 1. The predicted molar refractivity (Wildman–Crippen MR) is 94.5 cm³/mol. The highest BCUT2D eigenvalue weighted by atomic mass is 16.5. The Morgan fingerprint density at radius 2 is 1.85 bits per heavy atom. The first-order valence-electron chi connectivity index (χ1n) is 8.50. The van der Waals surface area contributed by atoms with Crippen LogP contribution in [0.2, 0.25) is 0 Å². The van der Waals surface area contributed by atoms with E-state index in [9.17, 15) is 14.4 Å². The van der Waals surface area contributed by atoms with Gasteiger partial charge in [0.2, 0.25) is 11.8 Å². The van der Waals surface area contributed by atoms with Gasteiger partial charge in [0.05, 0.1) is 12.7 Å². The number of nitrogens with one attached hydrogen (secondary N) is 1. The van der Waals surface area contributed by atoms with E-state index in [4.69, 9.17) is 4.74 Å². The number of fused-ring (bicyclic) bond motifs is 1. The SMILES string of the molecule is COc1c(-c2ccccc2)ccc2c1C(=O)N(C1CCC(=O)NC1=O)C2. The van der Waals surface area contributed by atoms with Crippen LogP contribution in [0.3, 0.4) is 0 Å². The van der Waals surface area contributed by atoms with E-state index in [0.29, 0.717) is 24.3 Å². The van der Waals surface area contributed by atoms with Gasteiger partial charge in [-0.25, -0.2) is 0 Å². The Bertz CT molecular complexity index is 908. The van der Waals surface area contributed by atoms with Gasteiger partial charge in [0.1, 0.15) is 11.8 Å². The van der Waals surface area contributed by atoms with Crippen LogP contribution < -0.4 is 10.1 Å². The molecule has 1 saturated heterocycles. The Labute approximate surface area is 150 Å². The normalized spacial score (nSPS) is 19.3. The lowest BCUT2D eigenvalue weighted by Gasteiger charge is -2.29. The second kappa shape index (κ2) is 6.29. The summed E-state index contributed by atoms with van der Waals surface area (Å²) >= 11 is 0. The van der Waals surface area contributed by atoms with Crippen LogP contribution in [-0.2, 0) is 16.1 Å². The first kappa shape index (κ1) is 16.3. The Morgan fingerprint density at radius 1 is 1.08 bits per heavy atom. The molecule has 1 fully saturated rings. The van der Waals surface area contributed by atoms with Crippen molar-refractivity contribution in [2.24, 2.45) is 0 Å². The Morgan fingerprint density at radius 3 is 2.54 bits per heavy atom. The zero-order valence-corrected chi connectivity index (χ0v) is 14.3. The van der Waals surface area contributed by atoms with Crippen molar-refractivity contribution in [3.05, 3.63) is 53.6 Å². The first-order chi connectivity index (χ1) is 12.6. The molecule has 1 unspecified atom stereocenters. The topological polar surface area (TPSA) is 75.7 Å². The third-order valence-electron chi connectivity index (χ3n) is 4.93. The molecule has 26 heavy (non-hydrogen) atoms. The molecule has 132 valence electrons. The van der Waals surface area contributed by atoms with E-state index in [1.165, 1.54) is 4.90 Å². The summed E-state index contributed by atoms with van der Waals surface area (Å²) in [6, 6.07) is 12.9. The van der Waals surface area contributed by atoms with Gasteiger partial charge in [-0.1, -0.05) is 42.5 Å². The lowest BCUT2D eigenvalue weighted by atomic mass is 9.98. The molecule has 0 radical (unpaired) electrons. The van der Waals surface area contributed by atoms with Gasteiger partial charge >= 0.3 is 0 Å². The van der Waals surface area contributed by atoms with Crippen LogP contribution in [0.15, 0.2) is 42.5 Å². The highest BCUT2D eigenvalue weighted by Crippen LogP contribution is 2.40. The number of nitrogens with zero attached hydrogens (tertiary/aromatic N) is 1. The van der Waals surface area contributed by atoms with Crippen LogP contribution in [0.4, 0.5) is 0 Å². The zero-order valence-electron chi connectivity index (χ0n) is 14.3. The van der Waals surface area contributed by atoms with Crippen LogP contribution in [-0.4, -0.2) is 35.8 Å². The van der Waals surface area contributed by atoms with Crippen molar-refractivity contribution < 1.29 is 19.1 Å². The summed E-state index contributed by atoms with van der Waals surface area (Å²) in [6.45, 7) is 0.339. The summed E-state index contributed by atoms with van der Waals surface area (Å²) in [7, 11) is 1.55. The molecule has 0 saturated carbocycles. The fourth-order valence-electron chi connectivity index (χ4n) is 3.68. The molecule has 3 amide bonds. The predicted octanol–water partition coefficient (Wildman–Crippen LogP) is 2.12. The van der Waals surface area contributed by atoms with Crippen LogP contribution in [0.1, 0.15) is 28.8 Å². The molecule has 6 nitrogen and oxygen atoms in total. The second-order valence-corrected chi connectivity index (χ2v) is 6.45. The van der Waals surface area contributed by atoms with Gasteiger partial charge in [0, 0.05) is 18.5 Å². The molecule has 1 N–H and O–H groups in total. The molecule has 0 aromatic heterocycles. The van der Waals surface area contributed by atoms with Gasteiger partial charge in [-0.15, -0.1) is 0 Å². The van der Waals surface area contributed by atoms with Crippen LogP contribution in [0, 0.1) is 0 Å². The van der Waals surface area contributed by atoms with Crippen molar-refractivity contribution in [1.82, 2.24) is 10.2 Å². The lowest BCUT2D eigenvalue weighted by Crippen LogP contribution is -2.52. The minimum Gasteiger partial charge on any atom is -0.495 e. The van der Waals surface area contributed by atoms with Crippen molar-refractivity contribution >= 4 is 17.7 Å². The van der Waals surface area contributed by atoms with Crippen molar-refractivity contribution in [1.29, 1.82) is 0 Å². The number of carbonyl (C=O) groups excluding carboxylic acids is 3. The Balaban J connectivity index is 1.73. The average Bonchev–Trinajstić information content (AvgIpc) is 2.98. The maximum atomic E-state index is 13.1. The minimum atomic E-state index is -0.627. The van der Waals surface area contributed by atoms with Gasteiger partial charge in [0.15, 0.2) is 0 Å². The third kappa shape index (κ3) is 2.54. The number of amides is 3. The number of imide groups is 1. The first-order valence-corrected chi connectivity index (χ1v) is 8.50. The Kier molecular flexibility index (Phi) is 3.95.